The number of ether oxygens (including phenoxy) is 2. The molecule has 0 fully saturated rings. The largest absolute Gasteiger partial charge is 0.497 e. The van der Waals surface area contributed by atoms with Crippen LogP contribution in [0.15, 0.2) is 30.5 Å². The first-order chi connectivity index (χ1) is 12.4. The van der Waals surface area contributed by atoms with E-state index in [1.165, 1.54) is 0 Å². The van der Waals surface area contributed by atoms with E-state index in [0.29, 0.717) is 22.7 Å². The van der Waals surface area contributed by atoms with Crippen molar-refractivity contribution < 1.29 is 14.3 Å². The molecule has 0 bridgehead atoms. The van der Waals surface area contributed by atoms with Gasteiger partial charge in [-0.2, -0.15) is 5.10 Å². The van der Waals surface area contributed by atoms with E-state index in [1.807, 2.05) is 45.0 Å². The Morgan fingerprint density at radius 3 is 2.65 bits per heavy atom. The van der Waals surface area contributed by atoms with Gasteiger partial charge in [0.1, 0.15) is 17.1 Å². The van der Waals surface area contributed by atoms with Gasteiger partial charge in [0.2, 0.25) is 0 Å². The number of aryl methyl sites for hydroxylation is 2. The van der Waals surface area contributed by atoms with Crippen molar-refractivity contribution in [3.8, 4) is 11.5 Å². The molecule has 3 aromatic rings. The van der Waals surface area contributed by atoms with Crippen LogP contribution in [0.5, 0.6) is 11.5 Å². The van der Waals surface area contributed by atoms with E-state index in [2.05, 4.69) is 15.4 Å². The molecule has 136 valence electrons. The predicted molar refractivity (Wildman–Crippen MR) is 97.9 cm³/mol. The van der Waals surface area contributed by atoms with Crippen LogP contribution in [0.2, 0.25) is 0 Å². The molecule has 0 aliphatic heterocycles. The number of hydrogen-bond acceptors (Lipinski definition) is 5. The van der Waals surface area contributed by atoms with E-state index in [0.717, 1.165) is 17.0 Å². The first-order valence-corrected chi connectivity index (χ1v) is 8.29. The fraction of sp³-hybridized carbons (Fsp3) is 0.316. The molecule has 0 unspecified atom stereocenters. The lowest BCUT2D eigenvalue weighted by Crippen LogP contribution is -2.27. The molecule has 3 rings (SSSR count). The van der Waals surface area contributed by atoms with Gasteiger partial charge in [0.15, 0.2) is 5.65 Å². The Labute approximate surface area is 152 Å². The Balaban J connectivity index is 1.91. The zero-order chi connectivity index (χ0) is 18.8. The molecule has 1 N–H and O–H groups in total. The van der Waals surface area contributed by atoms with Crippen LogP contribution in [-0.4, -0.2) is 34.7 Å². The van der Waals surface area contributed by atoms with E-state index in [9.17, 15) is 4.79 Å². The van der Waals surface area contributed by atoms with Gasteiger partial charge < -0.3 is 14.8 Å². The Kier molecular flexibility index (Phi) is 4.79. The SMILES string of the molecule is COc1ccc(OC)c([C@@H](C)NC(=O)c2cnn3c(C)cc(C)nc23)c1. The summed E-state index contributed by atoms with van der Waals surface area (Å²) in [6.07, 6.45) is 1.54. The maximum atomic E-state index is 12.8. The van der Waals surface area contributed by atoms with Crippen LogP contribution in [-0.2, 0) is 0 Å². The van der Waals surface area contributed by atoms with Crippen molar-refractivity contribution in [2.75, 3.05) is 14.2 Å². The second-order valence-corrected chi connectivity index (χ2v) is 6.14. The number of fused-ring (bicyclic) bond motifs is 1. The summed E-state index contributed by atoms with van der Waals surface area (Å²) < 4.78 is 12.3. The average molecular weight is 354 g/mol. The molecule has 7 heteroatoms. The fourth-order valence-electron chi connectivity index (χ4n) is 2.96. The van der Waals surface area contributed by atoms with Crippen molar-refractivity contribution in [2.45, 2.75) is 26.8 Å². The molecule has 1 atom stereocenters. The number of rotatable bonds is 5. The Hall–Kier alpha value is -3.09. The van der Waals surface area contributed by atoms with Crippen LogP contribution >= 0.6 is 0 Å². The molecule has 0 spiro atoms. The van der Waals surface area contributed by atoms with E-state index >= 15 is 0 Å². The van der Waals surface area contributed by atoms with Crippen LogP contribution in [0.25, 0.3) is 5.65 Å². The average Bonchev–Trinajstić information content (AvgIpc) is 3.05. The standard InChI is InChI=1S/C19H22N4O3/c1-11-8-12(2)23-18(21-11)16(10-20-23)19(24)22-13(3)15-9-14(25-4)6-7-17(15)26-5/h6-10,13H,1-5H3,(H,22,24)/t13-/m1/s1. The minimum atomic E-state index is -0.284. The first kappa shape index (κ1) is 17.7. The molecule has 7 nitrogen and oxygen atoms in total. The van der Waals surface area contributed by atoms with Crippen molar-refractivity contribution in [1.29, 1.82) is 0 Å². The molecule has 0 radical (unpaired) electrons. The van der Waals surface area contributed by atoms with Gasteiger partial charge >= 0.3 is 0 Å². The number of carbonyl (C=O) groups excluding carboxylic acids is 1. The second kappa shape index (κ2) is 7.03. The number of benzene rings is 1. The Morgan fingerprint density at radius 1 is 1.19 bits per heavy atom. The molecule has 1 aromatic carbocycles. The molecule has 1 amide bonds. The summed E-state index contributed by atoms with van der Waals surface area (Å²) in [4.78, 5) is 17.3. The highest BCUT2D eigenvalue weighted by molar-refractivity contribution is 5.99. The van der Waals surface area contributed by atoms with Gasteiger partial charge in [0.25, 0.3) is 5.91 Å². The lowest BCUT2D eigenvalue weighted by molar-refractivity contribution is 0.0941. The third-order valence-corrected chi connectivity index (χ3v) is 4.27. The number of nitrogens with zero attached hydrogens (tertiary/aromatic N) is 3. The summed E-state index contributed by atoms with van der Waals surface area (Å²) in [5, 5.41) is 7.26. The summed E-state index contributed by atoms with van der Waals surface area (Å²) in [6, 6.07) is 7.13. The van der Waals surface area contributed by atoms with Gasteiger partial charge in [0, 0.05) is 17.0 Å². The summed E-state index contributed by atoms with van der Waals surface area (Å²) >= 11 is 0. The van der Waals surface area contributed by atoms with Crippen molar-refractivity contribution in [1.82, 2.24) is 19.9 Å². The Morgan fingerprint density at radius 2 is 1.96 bits per heavy atom. The van der Waals surface area contributed by atoms with Crippen molar-refractivity contribution >= 4 is 11.6 Å². The van der Waals surface area contributed by atoms with Gasteiger partial charge in [-0.15, -0.1) is 0 Å². The number of aromatic nitrogens is 3. The second-order valence-electron chi connectivity index (χ2n) is 6.14. The monoisotopic (exact) mass is 354 g/mol. The van der Waals surface area contributed by atoms with Crippen molar-refractivity contribution in [3.05, 3.63) is 53.0 Å². The normalized spacial score (nSPS) is 12.0. The summed E-state index contributed by atoms with van der Waals surface area (Å²) in [7, 11) is 3.20. The zero-order valence-corrected chi connectivity index (χ0v) is 15.5. The fourth-order valence-corrected chi connectivity index (χ4v) is 2.96. The molecule has 0 saturated carbocycles. The number of amides is 1. The highest BCUT2D eigenvalue weighted by Gasteiger charge is 2.20. The molecular formula is C19H22N4O3. The quantitative estimate of drug-likeness (QED) is 0.762. The maximum Gasteiger partial charge on any atom is 0.257 e. The van der Waals surface area contributed by atoms with Crippen LogP contribution < -0.4 is 14.8 Å². The summed E-state index contributed by atoms with van der Waals surface area (Å²) in [6.45, 7) is 5.72. The van der Waals surface area contributed by atoms with Gasteiger partial charge in [-0.25, -0.2) is 9.50 Å². The van der Waals surface area contributed by atoms with Gasteiger partial charge in [-0.05, 0) is 45.0 Å². The minimum Gasteiger partial charge on any atom is -0.497 e. The van der Waals surface area contributed by atoms with Gasteiger partial charge in [-0.1, -0.05) is 0 Å². The number of methoxy groups -OCH3 is 2. The maximum absolute atomic E-state index is 12.8. The van der Waals surface area contributed by atoms with Crippen LogP contribution in [0, 0.1) is 13.8 Å². The van der Waals surface area contributed by atoms with E-state index < -0.39 is 0 Å². The summed E-state index contributed by atoms with van der Waals surface area (Å²) in [5.74, 6) is 1.14. The highest BCUT2D eigenvalue weighted by atomic mass is 16.5. The predicted octanol–water partition coefficient (Wildman–Crippen LogP) is 2.85. The third-order valence-electron chi connectivity index (χ3n) is 4.27. The van der Waals surface area contributed by atoms with E-state index in [1.54, 1.807) is 24.9 Å². The summed E-state index contributed by atoms with van der Waals surface area (Å²) in [5.41, 5.74) is 3.58. The molecule has 2 aromatic heterocycles. The highest BCUT2D eigenvalue weighted by Crippen LogP contribution is 2.29. The first-order valence-electron chi connectivity index (χ1n) is 8.29. The zero-order valence-electron chi connectivity index (χ0n) is 15.5. The lowest BCUT2D eigenvalue weighted by atomic mass is 10.1. The topological polar surface area (TPSA) is 77.8 Å². The molecule has 0 aliphatic carbocycles. The molecule has 26 heavy (non-hydrogen) atoms. The number of carbonyl (C=O) groups is 1. The minimum absolute atomic E-state index is 0.241. The number of nitrogens with one attached hydrogen (secondary N) is 1. The molecule has 0 saturated heterocycles. The lowest BCUT2D eigenvalue weighted by Gasteiger charge is -2.18. The molecule has 2 heterocycles. The van der Waals surface area contributed by atoms with Crippen LogP contribution in [0.3, 0.4) is 0 Å². The van der Waals surface area contributed by atoms with E-state index in [-0.39, 0.29) is 11.9 Å². The van der Waals surface area contributed by atoms with Gasteiger partial charge in [0.05, 0.1) is 26.5 Å². The molecule has 0 aliphatic rings. The van der Waals surface area contributed by atoms with Crippen molar-refractivity contribution in [3.63, 3.8) is 0 Å². The van der Waals surface area contributed by atoms with Crippen LogP contribution in [0.1, 0.15) is 40.3 Å². The third kappa shape index (κ3) is 3.20. The van der Waals surface area contributed by atoms with E-state index in [4.69, 9.17) is 9.47 Å². The Bertz CT molecular complexity index is 965. The molecular weight excluding hydrogens is 332 g/mol. The van der Waals surface area contributed by atoms with Crippen LogP contribution in [0.4, 0.5) is 0 Å². The van der Waals surface area contributed by atoms with Gasteiger partial charge in [-0.3, -0.25) is 4.79 Å². The van der Waals surface area contributed by atoms with Crippen molar-refractivity contribution in [2.24, 2.45) is 0 Å². The smallest absolute Gasteiger partial charge is 0.257 e. The number of hydrogen-bond donors (Lipinski definition) is 1.